The minimum Gasteiger partial charge on any atom is -0.261 e. The Hall–Kier alpha value is -5.50. The Labute approximate surface area is 245 Å². The lowest BCUT2D eigenvalue weighted by Gasteiger charge is -2.19. The zero-order valence-corrected chi connectivity index (χ0v) is 22.8. The van der Waals surface area contributed by atoms with E-state index in [2.05, 4.69) is 131 Å². The van der Waals surface area contributed by atoms with Gasteiger partial charge in [0, 0.05) is 11.1 Å². The van der Waals surface area contributed by atoms with Crippen LogP contribution in [0.2, 0.25) is 0 Å². The lowest BCUT2D eigenvalue weighted by atomic mass is 9.91. The first-order chi connectivity index (χ1) is 20.8. The highest BCUT2D eigenvalue weighted by Gasteiger charge is 2.58. The van der Waals surface area contributed by atoms with Gasteiger partial charge < -0.3 is 0 Å². The standard InChI is InChI=1S/C38H26N4/c39-25-26-10-9-16-32(24-26)27-18-20-29(21-19-27)34-23-22-28-11-7-8-17-33(28)35(34)37-40-36(30-12-3-1-4-13-30)41-38(42(37)41)31-14-5-2-6-15-31/h1-24,37-38H. The molecule has 0 saturated carbocycles. The lowest BCUT2D eigenvalue weighted by Crippen LogP contribution is -2.11. The summed E-state index contributed by atoms with van der Waals surface area (Å²) in [5.41, 5.74) is 8.70. The molecule has 0 spiro atoms. The van der Waals surface area contributed by atoms with Crippen molar-refractivity contribution in [3.8, 4) is 28.3 Å². The number of nitriles is 1. The first-order valence-corrected chi connectivity index (χ1v) is 14.2. The molecule has 2 aliphatic rings. The molecule has 6 aromatic carbocycles. The van der Waals surface area contributed by atoms with Crippen molar-refractivity contribution in [2.45, 2.75) is 12.3 Å². The highest BCUT2D eigenvalue weighted by atomic mass is 15.9. The van der Waals surface area contributed by atoms with Gasteiger partial charge >= 0.3 is 0 Å². The highest BCUT2D eigenvalue weighted by molar-refractivity contribution is 6.02. The highest BCUT2D eigenvalue weighted by Crippen LogP contribution is 2.56. The summed E-state index contributed by atoms with van der Waals surface area (Å²) in [4.78, 5) is 5.39. The minimum atomic E-state index is -0.168. The van der Waals surface area contributed by atoms with Crippen molar-refractivity contribution < 1.29 is 0 Å². The summed E-state index contributed by atoms with van der Waals surface area (Å²) >= 11 is 0. The van der Waals surface area contributed by atoms with Crippen LogP contribution < -0.4 is 0 Å². The van der Waals surface area contributed by atoms with Gasteiger partial charge in [0.2, 0.25) is 0 Å². The molecule has 2 aliphatic heterocycles. The fraction of sp³-hybridized carbons (Fsp3) is 0.0526. The first kappa shape index (κ1) is 24.3. The molecule has 4 nitrogen and oxygen atoms in total. The molecule has 0 bridgehead atoms. The Morgan fingerprint density at radius 3 is 2.07 bits per heavy atom. The maximum absolute atomic E-state index is 9.36. The summed E-state index contributed by atoms with van der Waals surface area (Å²) in [6.45, 7) is 0. The average Bonchev–Trinajstić information content (AvgIpc) is 3.69. The Bertz CT molecular complexity index is 2010. The SMILES string of the molecule is N#Cc1cccc(-c2ccc(-c3ccc4ccccc4c3C3N=C(c4ccccc4)N4C(c5ccccc5)N34)cc2)c1. The van der Waals surface area contributed by atoms with E-state index in [1.54, 1.807) is 0 Å². The van der Waals surface area contributed by atoms with Gasteiger partial charge in [-0.2, -0.15) is 10.3 Å². The number of fused-ring (bicyclic) bond motifs is 2. The van der Waals surface area contributed by atoms with E-state index in [-0.39, 0.29) is 12.3 Å². The molecule has 8 rings (SSSR count). The molecule has 0 aromatic heterocycles. The zero-order valence-electron chi connectivity index (χ0n) is 22.8. The van der Waals surface area contributed by atoms with Crippen molar-refractivity contribution in [1.82, 2.24) is 10.0 Å². The van der Waals surface area contributed by atoms with Crippen LogP contribution in [-0.4, -0.2) is 15.9 Å². The summed E-state index contributed by atoms with van der Waals surface area (Å²) < 4.78 is 0. The molecule has 0 aliphatic carbocycles. The van der Waals surface area contributed by atoms with Gasteiger partial charge in [0.05, 0.1) is 11.6 Å². The molecule has 0 N–H and O–H groups in total. The Morgan fingerprint density at radius 2 is 1.29 bits per heavy atom. The van der Waals surface area contributed by atoms with Crippen molar-refractivity contribution in [2.75, 3.05) is 0 Å². The molecule has 3 unspecified atom stereocenters. The molecule has 0 amide bonds. The third kappa shape index (κ3) is 3.99. The van der Waals surface area contributed by atoms with Crippen LogP contribution in [-0.2, 0) is 0 Å². The van der Waals surface area contributed by atoms with E-state index in [0.29, 0.717) is 5.56 Å². The van der Waals surface area contributed by atoms with Crippen molar-refractivity contribution in [2.24, 2.45) is 4.99 Å². The molecule has 4 heteroatoms. The molecule has 1 saturated heterocycles. The molecule has 198 valence electrons. The van der Waals surface area contributed by atoms with E-state index < -0.39 is 0 Å². The number of hydrogen-bond donors (Lipinski definition) is 0. The maximum atomic E-state index is 9.36. The van der Waals surface area contributed by atoms with Gasteiger partial charge in [-0.15, -0.1) is 0 Å². The van der Waals surface area contributed by atoms with E-state index >= 15 is 0 Å². The molecule has 2 heterocycles. The summed E-state index contributed by atoms with van der Waals surface area (Å²) in [5, 5.41) is 16.5. The number of hydrogen-bond acceptors (Lipinski definition) is 4. The summed E-state index contributed by atoms with van der Waals surface area (Å²) in [6.07, 6.45) is -0.0380. The van der Waals surface area contributed by atoms with Gasteiger partial charge in [0.1, 0.15) is 12.0 Å². The second kappa shape index (κ2) is 9.85. The number of rotatable bonds is 5. The Morgan fingerprint density at radius 1 is 0.595 bits per heavy atom. The fourth-order valence-corrected chi connectivity index (χ4v) is 6.24. The van der Waals surface area contributed by atoms with Crippen LogP contribution in [0.25, 0.3) is 33.0 Å². The Kier molecular flexibility index (Phi) is 5.70. The van der Waals surface area contributed by atoms with Gasteiger partial charge in [-0.05, 0) is 50.7 Å². The predicted octanol–water partition coefficient (Wildman–Crippen LogP) is 8.74. The lowest BCUT2D eigenvalue weighted by molar-refractivity contribution is 0.344. The maximum Gasteiger partial charge on any atom is 0.151 e. The van der Waals surface area contributed by atoms with Gasteiger partial charge in [0.25, 0.3) is 0 Å². The second-order valence-electron chi connectivity index (χ2n) is 10.7. The van der Waals surface area contributed by atoms with E-state index in [0.717, 1.165) is 28.1 Å². The van der Waals surface area contributed by atoms with Crippen LogP contribution in [0.15, 0.2) is 151 Å². The molecule has 6 aromatic rings. The molecule has 0 radical (unpaired) electrons. The number of hydrazine groups is 1. The predicted molar refractivity (Wildman–Crippen MR) is 168 cm³/mol. The van der Waals surface area contributed by atoms with Crippen molar-refractivity contribution in [3.63, 3.8) is 0 Å². The van der Waals surface area contributed by atoms with Crippen LogP contribution in [0, 0.1) is 11.3 Å². The van der Waals surface area contributed by atoms with E-state index in [1.165, 1.54) is 27.5 Å². The minimum absolute atomic E-state index is 0.130. The van der Waals surface area contributed by atoms with Crippen molar-refractivity contribution in [1.29, 1.82) is 5.26 Å². The molecular weight excluding hydrogens is 512 g/mol. The smallest absolute Gasteiger partial charge is 0.151 e. The Balaban J connectivity index is 1.28. The van der Waals surface area contributed by atoms with Gasteiger partial charge in [-0.25, -0.2) is 4.99 Å². The number of amidine groups is 1. The fourth-order valence-electron chi connectivity index (χ4n) is 6.24. The van der Waals surface area contributed by atoms with Crippen LogP contribution in [0.4, 0.5) is 0 Å². The van der Waals surface area contributed by atoms with Gasteiger partial charge in [0.15, 0.2) is 6.17 Å². The molecule has 3 atom stereocenters. The van der Waals surface area contributed by atoms with Crippen LogP contribution >= 0.6 is 0 Å². The van der Waals surface area contributed by atoms with Crippen LogP contribution in [0.3, 0.4) is 0 Å². The molecular formula is C38H26N4. The van der Waals surface area contributed by atoms with Crippen LogP contribution in [0.5, 0.6) is 0 Å². The quantitative estimate of drug-likeness (QED) is 0.206. The average molecular weight is 539 g/mol. The monoisotopic (exact) mass is 538 g/mol. The molecule has 1 fully saturated rings. The summed E-state index contributed by atoms with van der Waals surface area (Å²) in [6, 6.07) is 52.9. The van der Waals surface area contributed by atoms with E-state index in [4.69, 9.17) is 4.99 Å². The second-order valence-corrected chi connectivity index (χ2v) is 10.7. The summed E-state index contributed by atoms with van der Waals surface area (Å²) in [5.74, 6) is 1.00. The normalized spacial score (nSPS) is 18.8. The first-order valence-electron chi connectivity index (χ1n) is 14.2. The van der Waals surface area contributed by atoms with Crippen molar-refractivity contribution in [3.05, 3.63) is 168 Å². The zero-order chi connectivity index (χ0) is 28.0. The van der Waals surface area contributed by atoms with E-state index in [1.807, 2.05) is 30.3 Å². The number of nitrogens with zero attached hydrogens (tertiary/aromatic N) is 4. The number of aliphatic imine (C=N–C) groups is 1. The summed E-state index contributed by atoms with van der Waals surface area (Å²) in [7, 11) is 0. The van der Waals surface area contributed by atoms with Crippen LogP contribution in [0.1, 0.15) is 34.6 Å². The third-order valence-electron chi connectivity index (χ3n) is 8.27. The largest absolute Gasteiger partial charge is 0.261 e. The number of benzene rings is 6. The van der Waals surface area contributed by atoms with Crippen molar-refractivity contribution >= 4 is 16.6 Å². The third-order valence-corrected chi connectivity index (χ3v) is 8.27. The topological polar surface area (TPSA) is 42.2 Å². The molecule has 42 heavy (non-hydrogen) atoms. The van der Waals surface area contributed by atoms with Gasteiger partial charge in [-0.1, -0.05) is 133 Å². The van der Waals surface area contributed by atoms with E-state index in [9.17, 15) is 5.26 Å². The van der Waals surface area contributed by atoms with Gasteiger partial charge in [-0.3, -0.25) is 5.01 Å².